The Labute approximate surface area is 120 Å². The lowest BCUT2D eigenvalue weighted by molar-refractivity contribution is -0.138. The number of benzene rings is 1. The summed E-state index contributed by atoms with van der Waals surface area (Å²) in [4.78, 5) is 22.2. The minimum Gasteiger partial charge on any atom is -0.481 e. The van der Waals surface area contributed by atoms with Gasteiger partial charge in [-0.05, 0) is 17.7 Å². The van der Waals surface area contributed by atoms with Crippen molar-refractivity contribution in [3.8, 4) is 0 Å². The van der Waals surface area contributed by atoms with Gasteiger partial charge in [0.25, 0.3) is 5.91 Å². The van der Waals surface area contributed by atoms with Gasteiger partial charge in [-0.1, -0.05) is 30.3 Å². The van der Waals surface area contributed by atoms with E-state index in [9.17, 15) is 14.7 Å². The normalized spacial score (nSPS) is 11.6. The van der Waals surface area contributed by atoms with Crippen LogP contribution in [0.5, 0.6) is 0 Å². The number of hydrogen-bond donors (Lipinski definition) is 3. The van der Waals surface area contributed by atoms with Gasteiger partial charge < -0.3 is 16.2 Å². The van der Waals surface area contributed by atoms with E-state index < -0.39 is 17.8 Å². The highest BCUT2D eigenvalue weighted by Gasteiger charge is 2.19. The Morgan fingerprint density at radius 2 is 1.86 bits per heavy atom. The second kappa shape index (κ2) is 6.47. The maximum Gasteiger partial charge on any atom is 0.312 e. The molecule has 1 heterocycles. The number of aliphatic carboxylic acids is 1. The van der Waals surface area contributed by atoms with E-state index in [0.717, 1.165) is 0 Å². The van der Waals surface area contributed by atoms with Crippen LogP contribution in [0.4, 0.5) is 5.82 Å². The van der Waals surface area contributed by atoms with Crippen LogP contribution in [-0.2, 0) is 4.79 Å². The summed E-state index contributed by atoms with van der Waals surface area (Å²) in [5, 5.41) is 19.6. The van der Waals surface area contributed by atoms with Gasteiger partial charge in [-0.25, -0.2) is 0 Å². The Balaban J connectivity index is 2.05. The highest BCUT2D eigenvalue weighted by atomic mass is 16.4. The Morgan fingerprint density at radius 1 is 1.14 bits per heavy atom. The highest BCUT2D eigenvalue weighted by Crippen LogP contribution is 2.16. The summed E-state index contributed by atoms with van der Waals surface area (Å²) in [6, 6.07) is 11.8. The molecule has 1 unspecified atom stereocenters. The topological polar surface area (TPSA) is 118 Å². The Morgan fingerprint density at radius 3 is 2.38 bits per heavy atom. The first-order chi connectivity index (χ1) is 10.1. The molecule has 7 nitrogen and oxygen atoms in total. The number of nitrogens with two attached hydrogens (primary N) is 1. The first-order valence-corrected chi connectivity index (χ1v) is 6.23. The average Bonchev–Trinajstić information content (AvgIpc) is 2.48. The number of amides is 1. The van der Waals surface area contributed by atoms with Crippen LogP contribution in [0.2, 0.25) is 0 Å². The molecule has 0 fully saturated rings. The van der Waals surface area contributed by atoms with Crippen LogP contribution in [0.25, 0.3) is 0 Å². The van der Waals surface area contributed by atoms with Crippen molar-refractivity contribution in [2.45, 2.75) is 5.92 Å². The molecule has 108 valence electrons. The van der Waals surface area contributed by atoms with Gasteiger partial charge in [-0.2, -0.15) is 0 Å². The molecule has 0 saturated heterocycles. The Kier molecular flexibility index (Phi) is 4.45. The van der Waals surface area contributed by atoms with Crippen LogP contribution in [-0.4, -0.2) is 33.7 Å². The van der Waals surface area contributed by atoms with Crippen LogP contribution in [0.1, 0.15) is 22.0 Å². The zero-order valence-electron chi connectivity index (χ0n) is 11.1. The molecule has 1 amide bonds. The van der Waals surface area contributed by atoms with Crippen molar-refractivity contribution >= 4 is 17.7 Å². The molecule has 0 spiro atoms. The molecule has 0 aliphatic carbocycles. The fraction of sp³-hybridized carbons (Fsp3) is 0.143. The van der Waals surface area contributed by atoms with Crippen molar-refractivity contribution in [3.05, 3.63) is 53.7 Å². The number of carbonyl (C=O) groups is 2. The minimum atomic E-state index is -0.935. The van der Waals surface area contributed by atoms with Gasteiger partial charge in [0.05, 0.1) is 5.92 Å². The number of anilines is 1. The Hall–Kier alpha value is -2.96. The second-order valence-electron chi connectivity index (χ2n) is 4.35. The maximum absolute atomic E-state index is 11.3. The number of nitrogens with zero attached hydrogens (tertiary/aromatic N) is 2. The molecule has 0 aliphatic rings. The number of carboxylic acid groups (broad SMARTS) is 1. The lowest BCUT2D eigenvalue weighted by atomic mass is 9.99. The van der Waals surface area contributed by atoms with Gasteiger partial charge in [0.2, 0.25) is 0 Å². The predicted octanol–water partition coefficient (Wildman–Crippen LogP) is 0.856. The van der Waals surface area contributed by atoms with E-state index in [1.807, 2.05) is 6.07 Å². The van der Waals surface area contributed by atoms with Crippen molar-refractivity contribution in [1.29, 1.82) is 0 Å². The Bertz CT molecular complexity index is 628. The van der Waals surface area contributed by atoms with Crippen LogP contribution >= 0.6 is 0 Å². The van der Waals surface area contributed by atoms with E-state index in [2.05, 4.69) is 15.5 Å². The molecule has 21 heavy (non-hydrogen) atoms. The van der Waals surface area contributed by atoms with E-state index in [0.29, 0.717) is 11.4 Å². The molecule has 0 bridgehead atoms. The van der Waals surface area contributed by atoms with Gasteiger partial charge >= 0.3 is 5.97 Å². The zero-order valence-corrected chi connectivity index (χ0v) is 11.1. The monoisotopic (exact) mass is 286 g/mol. The molecule has 7 heteroatoms. The van der Waals surface area contributed by atoms with Gasteiger partial charge in [0.1, 0.15) is 5.82 Å². The number of carbonyl (C=O) groups excluding carboxylic acids is 1. The van der Waals surface area contributed by atoms with Gasteiger partial charge in [0, 0.05) is 6.54 Å². The summed E-state index contributed by atoms with van der Waals surface area (Å²) in [7, 11) is 0. The number of primary amides is 1. The molecule has 0 radical (unpaired) electrons. The molecule has 2 aromatic rings. The van der Waals surface area contributed by atoms with Crippen molar-refractivity contribution in [2.24, 2.45) is 5.73 Å². The number of carboxylic acids is 1. The van der Waals surface area contributed by atoms with E-state index in [1.54, 1.807) is 24.3 Å². The summed E-state index contributed by atoms with van der Waals surface area (Å²) in [5.41, 5.74) is 5.81. The van der Waals surface area contributed by atoms with E-state index >= 15 is 0 Å². The molecule has 0 aliphatic heterocycles. The third-order valence-electron chi connectivity index (χ3n) is 2.90. The first-order valence-electron chi connectivity index (χ1n) is 6.23. The number of hydrogen-bond acceptors (Lipinski definition) is 5. The van der Waals surface area contributed by atoms with E-state index in [1.165, 1.54) is 12.1 Å². The molecule has 1 atom stereocenters. The van der Waals surface area contributed by atoms with Crippen LogP contribution in [0, 0.1) is 0 Å². The lowest BCUT2D eigenvalue weighted by Gasteiger charge is -2.13. The molecule has 1 aromatic carbocycles. The summed E-state index contributed by atoms with van der Waals surface area (Å²) < 4.78 is 0. The van der Waals surface area contributed by atoms with Crippen LogP contribution in [0.3, 0.4) is 0 Å². The fourth-order valence-electron chi connectivity index (χ4n) is 1.80. The number of nitrogens with one attached hydrogen (secondary N) is 1. The minimum absolute atomic E-state index is 0.0541. The molecule has 1 aromatic heterocycles. The molecule has 0 saturated carbocycles. The highest BCUT2D eigenvalue weighted by molar-refractivity contribution is 5.90. The van der Waals surface area contributed by atoms with Gasteiger partial charge in [0.15, 0.2) is 5.69 Å². The fourth-order valence-corrected chi connectivity index (χ4v) is 1.80. The van der Waals surface area contributed by atoms with Gasteiger partial charge in [-0.3, -0.25) is 9.59 Å². The smallest absolute Gasteiger partial charge is 0.312 e. The molecular formula is C14H14N4O3. The van der Waals surface area contributed by atoms with Crippen molar-refractivity contribution in [1.82, 2.24) is 10.2 Å². The first kappa shape index (κ1) is 14.4. The number of rotatable bonds is 6. The number of aromatic nitrogens is 2. The SMILES string of the molecule is NC(=O)c1ccc(NCC(C(=O)O)c2ccccc2)nn1. The average molecular weight is 286 g/mol. The standard InChI is InChI=1S/C14H14N4O3/c15-13(19)11-6-7-12(18-17-11)16-8-10(14(20)21)9-4-2-1-3-5-9/h1-7,10H,8H2,(H2,15,19)(H,16,18)(H,20,21). The summed E-state index contributed by atoms with van der Waals surface area (Å²) >= 11 is 0. The molecule has 2 rings (SSSR count). The molecular weight excluding hydrogens is 272 g/mol. The third-order valence-corrected chi connectivity index (χ3v) is 2.90. The van der Waals surface area contributed by atoms with Crippen molar-refractivity contribution < 1.29 is 14.7 Å². The lowest BCUT2D eigenvalue weighted by Crippen LogP contribution is -2.21. The van der Waals surface area contributed by atoms with Crippen molar-refractivity contribution in [3.63, 3.8) is 0 Å². The third kappa shape index (κ3) is 3.75. The quantitative estimate of drug-likeness (QED) is 0.724. The largest absolute Gasteiger partial charge is 0.481 e. The van der Waals surface area contributed by atoms with E-state index in [4.69, 9.17) is 5.73 Å². The van der Waals surface area contributed by atoms with Crippen LogP contribution in [0.15, 0.2) is 42.5 Å². The van der Waals surface area contributed by atoms with Gasteiger partial charge in [-0.15, -0.1) is 10.2 Å². The second-order valence-corrected chi connectivity index (χ2v) is 4.35. The predicted molar refractivity (Wildman–Crippen MR) is 75.9 cm³/mol. The maximum atomic E-state index is 11.3. The summed E-state index contributed by atoms with van der Waals surface area (Å²) in [6.45, 7) is 0.157. The zero-order chi connectivity index (χ0) is 15.2. The van der Waals surface area contributed by atoms with Crippen molar-refractivity contribution in [2.75, 3.05) is 11.9 Å². The summed E-state index contributed by atoms with van der Waals surface area (Å²) in [5.74, 6) is -1.93. The summed E-state index contributed by atoms with van der Waals surface area (Å²) in [6.07, 6.45) is 0. The molecule has 4 N–H and O–H groups in total. The van der Waals surface area contributed by atoms with Crippen LogP contribution < -0.4 is 11.1 Å². The van der Waals surface area contributed by atoms with E-state index in [-0.39, 0.29) is 12.2 Å².